The van der Waals surface area contributed by atoms with Gasteiger partial charge in [0.15, 0.2) is 34.5 Å². The van der Waals surface area contributed by atoms with Crippen LogP contribution in [-0.2, 0) is 13.1 Å². The minimum atomic E-state index is -0.380. The SMILES string of the molecule is CCC(C)N(Cc1cc(C(=O)NCc2ccc3c(c2)OCO3)no1)C(=O)c1ccc2c(c1)OCO2. The second-order valence-corrected chi connectivity index (χ2v) is 8.31. The van der Waals surface area contributed by atoms with Gasteiger partial charge in [-0.1, -0.05) is 18.1 Å². The van der Waals surface area contributed by atoms with E-state index in [9.17, 15) is 9.59 Å². The Morgan fingerprint density at radius 1 is 0.971 bits per heavy atom. The largest absolute Gasteiger partial charge is 0.454 e. The first kappa shape index (κ1) is 22.6. The molecule has 2 aliphatic rings. The highest BCUT2D eigenvalue weighted by Crippen LogP contribution is 2.34. The van der Waals surface area contributed by atoms with Gasteiger partial charge in [-0.2, -0.15) is 0 Å². The maximum Gasteiger partial charge on any atom is 0.273 e. The zero-order valence-corrected chi connectivity index (χ0v) is 19.4. The molecular formula is C25H25N3O7. The molecule has 35 heavy (non-hydrogen) atoms. The molecular weight excluding hydrogens is 454 g/mol. The number of carbonyl (C=O) groups is 2. The van der Waals surface area contributed by atoms with Gasteiger partial charge in [-0.05, 0) is 49.2 Å². The number of carbonyl (C=O) groups excluding carboxylic acids is 2. The molecule has 0 aliphatic carbocycles. The number of ether oxygens (including phenoxy) is 4. The Morgan fingerprint density at radius 3 is 2.40 bits per heavy atom. The summed E-state index contributed by atoms with van der Waals surface area (Å²) in [6, 6.07) is 12.1. The topological polar surface area (TPSA) is 112 Å². The van der Waals surface area contributed by atoms with Gasteiger partial charge in [0, 0.05) is 24.2 Å². The van der Waals surface area contributed by atoms with E-state index in [-0.39, 0.29) is 43.7 Å². The maximum absolute atomic E-state index is 13.3. The van der Waals surface area contributed by atoms with Crippen molar-refractivity contribution in [1.29, 1.82) is 0 Å². The van der Waals surface area contributed by atoms with Crippen LogP contribution in [0, 0.1) is 0 Å². The standard InChI is InChI=1S/C25H25N3O7/c1-3-15(2)28(25(30)17-5-7-21-23(9-17)34-14-32-21)12-18-10-19(27-35-18)24(29)26-11-16-4-6-20-22(8-16)33-13-31-20/h4-10,15H,3,11-14H2,1-2H3,(H,26,29). The van der Waals surface area contributed by atoms with E-state index < -0.39 is 0 Å². The van der Waals surface area contributed by atoms with Crippen molar-refractivity contribution >= 4 is 11.8 Å². The number of aromatic nitrogens is 1. The summed E-state index contributed by atoms with van der Waals surface area (Å²) in [4.78, 5) is 27.6. The minimum Gasteiger partial charge on any atom is -0.454 e. The van der Waals surface area contributed by atoms with Crippen molar-refractivity contribution < 1.29 is 33.1 Å². The van der Waals surface area contributed by atoms with Crippen LogP contribution >= 0.6 is 0 Å². The Labute approximate surface area is 201 Å². The molecule has 0 saturated heterocycles. The lowest BCUT2D eigenvalue weighted by Gasteiger charge is -2.27. The van der Waals surface area contributed by atoms with Gasteiger partial charge in [-0.3, -0.25) is 9.59 Å². The van der Waals surface area contributed by atoms with Gasteiger partial charge in [-0.15, -0.1) is 0 Å². The third-order valence-corrected chi connectivity index (χ3v) is 6.01. The molecule has 1 unspecified atom stereocenters. The van der Waals surface area contributed by atoms with E-state index in [4.69, 9.17) is 23.5 Å². The van der Waals surface area contributed by atoms with Crippen molar-refractivity contribution in [3.05, 3.63) is 65.0 Å². The van der Waals surface area contributed by atoms with E-state index in [0.717, 1.165) is 12.0 Å². The lowest BCUT2D eigenvalue weighted by Crippen LogP contribution is -2.37. The molecule has 182 valence electrons. The zero-order chi connectivity index (χ0) is 24.4. The van der Waals surface area contributed by atoms with Crippen molar-refractivity contribution in [2.75, 3.05) is 13.6 Å². The fourth-order valence-corrected chi connectivity index (χ4v) is 3.83. The third-order valence-electron chi connectivity index (χ3n) is 6.01. The summed E-state index contributed by atoms with van der Waals surface area (Å²) in [6.07, 6.45) is 0.743. The molecule has 0 spiro atoms. The van der Waals surface area contributed by atoms with Crippen molar-refractivity contribution in [3.63, 3.8) is 0 Å². The molecule has 0 radical (unpaired) electrons. The Hall–Kier alpha value is -4.21. The lowest BCUT2D eigenvalue weighted by atomic mass is 10.1. The predicted molar refractivity (Wildman–Crippen MR) is 122 cm³/mol. The second kappa shape index (κ2) is 9.57. The summed E-state index contributed by atoms with van der Waals surface area (Å²) >= 11 is 0. The van der Waals surface area contributed by atoms with Crippen molar-refractivity contribution in [2.45, 2.75) is 39.4 Å². The monoisotopic (exact) mass is 479 g/mol. The van der Waals surface area contributed by atoms with Gasteiger partial charge < -0.3 is 33.7 Å². The molecule has 1 N–H and O–H groups in total. The fraction of sp³-hybridized carbons (Fsp3) is 0.320. The summed E-state index contributed by atoms with van der Waals surface area (Å²) in [5.74, 6) is 2.34. The smallest absolute Gasteiger partial charge is 0.273 e. The summed E-state index contributed by atoms with van der Waals surface area (Å²) in [5.41, 5.74) is 1.49. The summed E-state index contributed by atoms with van der Waals surface area (Å²) in [6.45, 7) is 4.75. The number of amides is 2. The van der Waals surface area contributed by atoms with Crippen LogP contribution in [0.5, 0.6) is 23.0 Å². The zero-order valence-electron chi connectivity index (χ0n) is 19.4. The van der Waals surface area contributed by atoms with Crippen molar-refractivity contribution in [3.8, 4) is 23.0 Å². The first-order valence-corrected chi connectivity index (χ1v) is 11.3. The van der Waals surface area contributed by atoms with Gasteiger partial charge in [0.2, 0.25) is 13.6 Å². The Morgan fingerprint density at radius 2 is 1.66 bits per heavy atom. The number of nitrogens with one attached hydrogen (secondary N) is 1. The highest BCUT2D eigenvalue weighted by atomic mass is 16.7. The predicted octanol–water partition coefficient (Wildman–Crippen LogP) is 3.50. The molecule has 10 nitrogen and oxygen atoms in total. The van der Waals surface area contributed by atoms with Crippen LogP contribution in [-0.4, -0.2) is 41.5 Å². The third kappa shape index (κ3) is 4.72. The number of benzene rings is 2. The molecule has 10 heteroatoms. The van der Waals surface area contributed by atoms with Gasteiger partial charge in [-0.25, -0.2) is 0 Å². The van der Waals surface area contributed by atoms with Gasteiger partial charge in [0.25, 0.3) is 11.8 Å². The Kier molecular flexibility index (Phi) is 6.17. The number of nitrogens with zero attached hydrogens (tertiary/aromatic N) is 2. The summed E-state index contributed by atoms with van der Waals surface area (Å²) in [7, 11) is 0. The number of rotatable bonds is 8. The average molecular weight is 479 g/mol. The van der Waals surface area contributed by atoms with Crippen molar-refractivity contribution in [1.82, 2.24) is 15.4 Å². The van der Waals surface area contributed by atoms with Crippen LogP contribution in [0.4, 0.5) is 0 Å². The van der Waals surface area contributed by atoms with Crippen LogP contribution in [0.25, 0.3) is 0 Å². The molecule has 3 heterocycles. The van der Waals surface area contributed by atoms with Crippen molar-refractivity contribution in [2.24, 2.45) is 0 Å². The molecule has 0 bridgehead atoms. The molecule has 2 aromatic carbocycles. The van der Waals surface area contributed by atoms with E-state index in [1.165, 1.54) is 0 Å². The van der Waals surface area contributed by atoms with Crippen LogP contribution in [0.15, 0.2) is 47.0 Å². The summed E-state index contributed by atoms with van der Waals surface area (Å²) < 4.78 is 26.8. The fourth-order valence-electron chi connectivity index (χ4n) is 3.83. The minimum absolute atomic E-state index is 0.0682. The van der Waals surface area contributed by atoms with Crippen LogP contribution in [0.3, 0.4) is 0 Å². The van der Waals surface area contributed by atoms with E-state index in [0.29, 0.717) is 40.9 Å². The average Bonchev–Trinajstić information content (AvgIpc) is 3.64. The first-order valence-electron chi connectivity index (χ1n) is 11.3. The van der Waals surface area contributed by atoms with Crippen LogP contribution in [0.1, 0.15) is 52.4 Å². The number of hydrogen-bond donors (Lipinski definition) is 1. The van der Waals surface area contributed by atoms with E-state index >= 15 is 0 Å². The van der Waals surface area contributed by atoms with Gasteiger partial charge in [0.1, 0.15) is 0 Å². The van der Waals surface area contributed by atoms with E-state index in [1.807, 2.05) is 26.0 Å². The number of hydrogen-bond acceptors (Lipinski definition) is 8. The molecule has 2 amide bonds. The molecule has 1 aromatic heterocycles. The number of fused-ring (bicyclic) bond motifs is 2. The van der Waals surface area contributed by atoms with Gasteiger partial charge in [0.05, 0.1) is 6.54 Å². The molecule has 3 aromatic rings. The molecule has 0 saturated carbocycles. The van der Waals surface area contributed by atoms with Crippen LogP contribution < -0.4 is 24.3 Å². The highest BCUT2D eigenvalue weighted by molar-refractivity contribution is 5.95. The molecule has 5 rings (SSSR count). The molecule has 2 aliphatic heterocycles. The lowest BCUT2D eigenvalue weighted by molar-refractivity contribution is 0.0650. The Bertz CT molecular complexity index is 1260. The Balaban J connectivity index is 1.24. The first-order chi connectivity index (χ1) is 17.0. The second-order valence-electron chi connectivity index (χ2n) is 8.31. The quantitative estimate of drug-likeness (QED) is 0.522. The maximum atomic E-state index is 13.3. The van der Waals surface area contributed by atoms with Gasteiger partial charge >= 0.3 is 0 Å². The van der Waals surface area contributed by atoms with E-state index in [1.54, 1.807) is 35.2 Å². The highest BCUT2D eigenvalue weighted by Gasteiger charge is 2.25. The summed E-state index contributed by atoms with van der Waals surface area (Å²) in [5, 5.41) is 6.71. The normalized spacial score (nSPS) is 14.0. The molecule has 0 fully saturated rings. The van der Waals surface area contributed by atoms with E-state index in [2.05, 4.69) is 10.5 Å². The van der Waals surface area contributed by atoms with Crippen LogP contribution in [0.2, 0.25) is 0 Å². The molecule has 1 atom stereocenters.